The third kappa shape index (κ3) is 3.72. The minimum Gasteiger partial charge on any atom is -0.460 e. The molecule has 0 aliphatic heterocycles. The number of rotatable bonds is 5. The molecule has 0 spiro atoms. The molecule has 3 rings (SSSR count). The Balaban J connectivity index is 2.24. The van der Waals surface area contributed by atoms with Gasteiger partial charge < -0.3 is 19.0 Å². The van der Waals surface area contributed by atoms with Gasteiger partial charge in [-0.05, 0) is 31.9 Å². The number of benzene rings is 1. The molecular weight excluding hydrogens is 372 g/mol. The Morgan fingerprint density at radius 1 is 1.34 bits per heavy atom. The Morgan fingerprint density at radius 3 is 2.72 bits per heavy atom. The highest BCUT2D eigenvalue weighted by Crippen LogP contribution is 2.45. The smallest absolute Gasteiger partial charge is 0.333 e. The molecule has 1 aromatic carbocycles. The second kappa shape index (κ2) is 8.25. The SMILES string of the molecule is CC=C(C)C(=O)OCc1c2c(c(OC(=O)CC)c3occ(C)c13)C=C[C@H](O)[C@@H]2C. The summed E-state index contributed by atoms with van der Waals surface area (Å²) in [5.41, 5.74) is 4.00. The van der Waals surface area contributed by atoms with Gasteiger partial charge in [-0.15, -0.1) is 0 Å². The van der Waals surface area contributed by atoms with Crippen molar-refractivity contribution in [3.63, 3.8) is 0 Å². The standard InChI is InChI=1S/C23H26O6/c1-6-12(3)23(26)28-11-16-19-13(4)10-27-22(19)21(29-18(25)7-2)15-8-9-17(24)14(5)20(15)16/h6,8-10,14,17,24H,7,11H2,1-5H3/t14-,17-/m0/s1. The number of esters is 2. The molecule has 6 nitrogen and oxygen atoms in total. The molecule has 0 bridgehead atoms. The maximum Gasteiger partial charge on any atom is 0.333 e. The van der Waals surface area contributed by atoms with Crippen molar-refractivity contribution in [1.29, 1.82) is 0 Å². The molecule has 0 saturated carbocycles. The van der Waals surface area contributed by atoms with Crippen LogP contribution in [0.5, 0.6) is 5.75 Å². The van der Waals surface area contributed by atoms with Crippen LogP contribution in [0.25, 0.3) is 17.0 Å². The quantitative estimate of drug-likeness (QED) is 0.451. The number of ether oxygens (including phenoxy) is 2. The molecule has 0 saturated heterocycles. The molecule has 2 aromatic rings. The van der Waals surface area contributed by atoms with Crippen molar-refractivity contribution >= 4 is 29.0 Å². The van der Waals surface area contributed by atoms with E-state index in [0.29, 0.717) is 22.5 Å². The van der Waals surface area contributed by atoms with Gasteiger partial charge in [0.05, 0.1) is 12.4 Å². The van der Waals surface area contributed by atoms with Crippen LogP contribution in [-0.4, -0.2) is 23.1 Å². The van der Waals surface area contributed by atoms with Gasteiger partial charge in [-0.1, -0.05) is 32.1 Å². The Morgan fingerprint density at radius 2 is 2.07 bits per heavy atom. The molecule has 1 aliphatic carbocycles. The summed E-state index contributed by atoms with van der Waals surface area (Å²) >= 11 is 0. The molecule has 0 amide bonds. The van der Waals surface area contributed by atoms with Crippen molar-refractivity contribution in [2.45, 2.75) is 59.7 Å². The molecule has 0 fully saturated rings. The van der Waals surface area contributed by atoms with Crippen molar-refractivity contribution in [3.8, 4) is 5.75 Å². The second-order valence-corrected chi connectivity index (χ2v) is 7.27. The maximum atomic E-state index is 12.2. The first-order valence-corrected chi connectivity index (χ1v) is 9.73. The summed E-state index contributed by atoms with van der Waals surface area (Å²) in [5, 5.41) is 11.2. The van der Waals surface area contributed by atoms with Crippen LogP contribution in [0.2, 0.25) is 0 Å². The number of hydrogen-bond donors (Lipinski definition) is 1. The van der Waals surface area contributed by atoms with Crippen LogP contribution in [0.15, 0.2) is 28.4 Å². The third-order valence-electron chi connectivity index (χ3n) is 5.38. The highest BCUT2D eigenvalue weighted by atomic mass is 16.5. The zero-order valence-electron chi connectivity index (χ0n) is 17.4. The normalized spacial score (nSPS) is 18.6. The van der Waals surface area contributed by atoms with Gasteiger partial charge in [0.15, 0.2) is 11.3 Å². The Kier molecular flexibility index (Phi) is 5.94. The molecule has 1 heterocycles. The van der Waals surface area contributed by atoms with Gasteiger partial charge in [-0.3, -0.25) is 4.79 Å². The van der Waals surface area contributed by atoms with Crippen LogP contribution in [-0.2, 0) is 20.9 Å². The molecule has 1 aromatic heterocycles. The number of fused-ring (bicyclic) bond motifs is 2. The fraction of sp³-hybridized carbons (Fsp3) is 0.391. The highest BCUT2D eigenvalue weighted by Gasteiger charge is 2.32. The minimum atomic E-state index is -0.700. The predicted molar refractivity (Wildman–Crippen MR) is 110 cm³/mol. The van der Waals surface area contributed by atoms with Gasteiger partial charge in [0.2, 0.25) is 0 Å². The van der Waals surface area contributed by atoms with E-state index in [9.17, 15) is 14.7 Å². The molecule has 154 valence electrons. The molecule has 0 radical (unpaired) electrons. The summed E-state index contributed by atoms with van der Waals surface area (Å²) in [6.07, 6.45) is 6.20. The molecule has 6 heteroatoms. The van der Waals surface area contributed by atoms with E-state index in [4.69, 9.17) is 13.9 Å². The third-order valence-corrected chi connectivity index (χ3v) is 5.38. The average Bonchev–Trinajstić information content (AvgIpc) is 3.10. The minimum absolute atomic E-state index is 0.0239. The van der Waals surface area contributed by atoms with E-state index in [1.54, 1.807) is 45.3 Å². The van der Waals surface area contributed by atoms with E-state index < -0.39 is 12.1 Å². The first kappa shape index (κ1) is 20.9. The van der Waals surface area contributed by atoms with Crippen LogP contribution in [0.3, 0.4) is 0 Å². The lowest BCUT2D eigenvalue weighted by Gasteiger charge is -2.28. The lowest BCUT2D eigenvalue weighted by molar-refractivity contribution is -0.140. The number of furan rings is 1. The van der Waals surface area contributed by atoms with Crippen molar-refractivity contribution in [2.24, 2.45) is 0 Å². The fourth-order valence-corrected chi connectivity index (χ4v) is 3.55. The van der Waals surface area contributed by atoms with Gasteiger partial charge in [-0.2, -0.15) is 0 Å². The average molecular weight is 398 g/mol. The summed E-state index contributed by atoms with van der Waals surface area (Å²) < 4.78 is 16.9. The first-order chi connectivity index (χ1) is 13.8. The fourth-order valence-electron chi connectivity index (χ4n) is 3.55. The maximum absolute atomic E-state index is 12.2. The van der Waals surface area contributed by atoms with Crippen molar-refractivity contribution in [1.82, 2.24) is 0 Å². The molecule has 29 heavy (non-hydrogen) atoms. The van der Waals surface area contributed by atoms with Gasteiger partial charge in [-0.25, -0.2) is 4.79 Å². The summed E-state index contributed by atoms with van der Waals surface area (Å²) in [5.74, 6) is -0.719. The van der Waals surface area contributed by atoms with E-state index >= 15 is 0 Å². The predicted octanol–water partition coefficient (Wildman–Crippen LogP) is 4.56. The van der Waals surface area contributed by atoms with Crippen molar-refractivity contribution in [2.75, 3.05) is 0 Å². The number of aliphatic hydroxyl groups is 1. The monoisotopic (exact) mass is 398 g/mol. The molecule has 1 N–H and O–H groups in total. The number of allylic oxidation sites excluding steroid dienone is 1. The van der Waals surface area contributed by atoms with Crippen molar-refractivity contribution < 1.29 is 28.6 Å². The molecule has 1 aliphatic rings. The number of aryl methyl sites for hydroxylation is 1. The van der Waals surface area contributed by atoms with Gasteiger partial charge in [0, 0.05) is 34.4 Å². The van der Waals surface area contributed by atoms with E-state index in [2.05, 4.69) is 0 Å². The van der Waals surface area contributed by atoms with E-state index in [0.717, 1.165) is 22.1 Å². The summed E-state index contributed by atoms with van der Waals surface area (Å²) in [6, 6.07) is 0. The van der Waals surface area contributed by atoms with Crippen LogP contribution < -0.4 is 4.74 Å². The number of hydrogen-bond acceptors (Lipinski definition) is 6. The highest BCUT2D eigenvalue weighted by molar-refractivity contribution is 5.97. The van der Waals surface area contributed by atoms with Crippen LogP contribution in [0, 0.1) is 6.92 Å². The summed E-state index contributed by atoms with van der Waals surface area (Å²) in [6.45, 7) is 8.99. The van der Waals surface area contributed by atoms with Crippen LogP contribution in [0.1, 0.15) is 62.3 Å². The number of carbonyl (C=O) groups is 2. The molecular formula is C23H26O6. The molecule has 0 unspecified atom stereocenters. The largest absolute Gasteiger partial charge is 0.460 e. The summed E-state index contributed by atoms with van der Waals surface area (Å²) in [4.78, 5) is 24.3. The Labute approximate surface area is 169 Å². The Bertz CT molecular complexity index is 1020. The lowest BCUT2D eigenvalue weighted by Crippen LogP contribution is -2.21. The van der Waals surface area contributed by atoms with E-state index in [1.807, 2.05) is 13.8 Å². The zero-order chi connectivity index (χ0) is 21.3. The van der Waals surface area contributed by atoms with Crippen molar-refractivity contribution in [3.05, 3.63) is 46.2 Å². The van der Waals surface area contributed by atoms with Gasteiger partial charge >= 0.3 is 11.9 Å². The molecule has 2 atom stereocenters. The first-order valence-electron chi connectivity index (χ1n) is 9.73. The zero-order valence-corrected chi connectivity index (χ0v) is 17.4. The second-order valence-electron chi connectivity index (χ2n) is 7.27. The van der Waals surface area contributed by atoms with Crippen LogP contribution >= 0.6 is 0 Å². The topological polar surface area (TPSA) is 86.0 Å². The lowest BCUT2D eigenvalue weighted by atomic mass is 9.81. The Hall–Kier alpha value is -2.86. The van der Waals surface area contributed by atoms with E-state index in [1.165, 1.54) is 0 Å². The van der Waals surface area contributed by atoms with Crippen LogP contribution in [0.4, 0.5) is 0 Å². The summed E-state index contributed by atoms with van der Waals surface area (Å²) in [7, 11) is 0. The van der Waals surface area contributed by atoms with Gasteiger partial charge in [0.1, 0.15) is 6.61 Å². The number of aliphatic hydroxyl groups excluding tert-OH is 1. The number of carbonyl (C=O) groups excluding carboxylic acids is 2. The van der Waals surface area contributed by atoms with E-state index in [-0.39, 0.29) is 24.9 Å². The van der Waals surface area contributed by atoms with Gasteiger partial charge in [0.25, 0.3) is 0 Å².